The van der Waals surface area contributed by atoms with Crippen LogP contribution in [0.3, 0.4) is 0 Å². The topological polar surface area (TPSA) is 26.3 Å². The van der Waals surface area contributed by atoms with Gasteiger partial charge in [0, 0.05) is 9.32 Å². The minimum Gasteiger partial charge on any atom is -0.459 e. The van der Waals surface area contributed by atoms with Crippen molar-refractivity contribution < 1.29 is 9.53 Å². The fourth-order valence-electron chi connectivity index (χ4n) is 1.23. The molecular formula is C13H17IO2S. The SMILES string of the molecule is CC(C)(C)OC(=O)CSCc1ccccc1I. The number of hydrogen-bond acceptors (Lipinski definition) is 3. The Bertz CT molecular complexity index is 385. The van der Waals surface area contributed by atoms with Gasteiger partial charge < -0.3 is 4.74 Å². The van der Waals surface area contributed by atoms with Crippen LogP contribution in [0.4, 0.5) is 0 Å². The van der Waals surface area contributed by atoms with Crippen LogP contribution in [0.5, 0.6) is 0 Å². The van der Waals surface area contributed by atoms with Gasteiger partial charge in [-0.25, -0.2) is 0 Å². The highest BCUT2D eigenvalue weighted by atomic mass is 127. The molecule has 0 N–H and O–H groups in total. The van der Waals surface area contributed by atoms with Gasteiger partial charge >= 0.3 is 5.97 Å². The van der Waals surface area contributed by atoms with Crippen molar-refractivity contribution in [3.63, 3.8) is 0 Å². The standard InChI is InChI=1S/C13H17IO2S/c1-13(2,3)16-12(15)9-17-8-10-6-4-5-7-11(10)14/h4-7H,8-9H2,1-3H3. The summed E-state index contributed by atoms with van der Waals surface area (Å²) in [5.74, 6) is 1.11. The van der Waals surface area contributed by atoms with Crippen LogP contribution in [0.2, 0.25) is 0 Å². The van der Waals surface area contributed by atoms with Crippen LogP contribution in [0, 0.1) is 3.57 Å². The molecular weight excluding hydrogens is 347 g/mol. The van der Waals surface area contributed by atoms with E-state index < -0.39 is 5.60 Å². The lowest BCUT2D eigenvalue weighted by atomic mass is 10.2. The zero-order chi connectivity index (χ0) is 12.9. The van der Waals surface area contributed by atoms with Crippen molar-refractivity contribution in [1.29, 1.82) is 0 Å². The number of benzene rings is 1. The van der Waals surface area contributed by atoms with Gasteiger partial charge in [0.05, 0.1) is 5.75 Å². The molecule has 0 radical (unpaired) electrons. The molecule has 0 spiro atoms. The van der Waals surface area contributed by atoms with E-state index in [4.69, 9.17) is 4.74 Å². The average molecular weight is 364 g/mol. The predicted octanol–water partition coefficient (Wildman–Crippen LogP) is 3.87. The van der Waals surface area contributed by atoms with Gasteiger partial charge in [-0.05, 0) is 55.0 Å². The van der Waals surface area contributed by atoms with E-state index in [2.05, 4.69) is 34.7 Å². The fourth-order valence-corrected chi connectivity index (χ4v) is 2.87. The van der Waals surface area contributed by atoms with Gasteiger partial charge in [-0.15, -0.1) is 11.8 Å². The van der Waals surface area contributed by atoms with E-state index in [0.717, 1.165) is 5.75 Å². The van der Waals surface area contributed by atoms with Crippen molar-refractivity contribution in [2.75, 3.05) is 5.75 Å². The average Bonchev–Trinajstić information content (AvgIpc) is 2.18. The van der Waals surface area contributed by atoms with E-state index >= 15 is 0 Å². The maximum absolute atomic E-state index is 11.5. The molecule has 0 atom stereocenters. The molecule has 0 saturated carbocycles. The molecule has 1 aromatic rings. The summed E-state index contributed by atoms with van der Waals surface area (Å²) in [6.07, 6.45) is 0. The van der Waals surface area contributed by atoms with Gasteiger partial charge in [0.1, 0.15) is 5.60 Å². The lowest BCUT2D eigenvalue weighted by Gasteiger charge is -2.19. The summed E-state index contributed by atoms with van der Waals surface area (Å²) in [5, 5.41) is 0. The number of rotatable bonds is 4. The summed E-state index contributed by atoms with van der Waals surface area (Å²) in [6, 6.07) is 8.20. The third-order valence-electron chi connectivity index (χ3n) is 1.86. The Morgan fingerprint density at radius 3 is 2.59 bits per heavy atom. The van der Waals surface area contributed by atoms with Crippen molar-refractivity contribution in [3.05, 3.63) is 33.4 Å². The van der Waals surface area contributed by atoms with Crippen LogP contribution >= 0.6 is 34.4 Å². The van der Waals surface area contributed by atoms with Crippen molar-refractivity contribution in [3.8, 4) is 0 Å². The first kappa shape index (κ1) is 14.8. The lowest BCUT2D eigenvalue weighted by molar-refractivity contribution is -0.151. The first-order valence-electron chi connectivity index (χ1n) is 5.41. The molecule has 0 bridgehead atoms. The zero-order valence-electron chi connectivity index (χ0n) is 10.3. The Labute approximate surface area is 121 Å². The highest BCUT2D eigenvalue weighted by Gasteiger charge is 2.15. The highest BCUT2D eigenvalue weighted by Crippen LogP contribution is 2.19. The molecule has 0 aliphatic carbocycles. The molecule has 0 heterocycles. The van der Waals surface area contributed by atoms with Crippen LogP contribution in [-0.2, 0) is 15.3 Å². The summed E-state index contributed by atoms with van der Waals surface area (Å²) in [5.41, 5.74) is 0.875. The Hall–Kier alpha value is -0.230. The number of carbonyl (C=O) groups excluding carboxylic acids is 1. The monoisotopic (exact) mass is 364 g/mol. The Morgan fingerprint density at radius 1 is 1.35 bits per heavy atom. The Balaban J connectivity index is 2.34. The molecule has 17 heavy (non-hydrogen) atoms. The minimum atomic E-state index is -0.390. The molecule has 0 saturated heterocycles. The number of ether oxygens (including phenoxy) is 1. The van der Waals surface area contributed by atoms with Crippen LogP contribution in [0.15, 0.2) is 24.3 Å². The summed E-state index contributed by atoms with van der Waals surface area (Å²) < 4.78 is 6.48. The molecule has 94 valence electrons. The van der Waals surface area contributed by atoms with Crippen molar-refractivity contribution >= 4 is 40.3 Å². The van der Waals surface area contributed by atoms with Gasteiger partial charge in [0.25, 0.3) is 0 Å². The third-order valence-corrected chi connectivity index (χ3v) is 3.86. The molecule has 4 heteroatoms. The van der Waals surface area contributed by atoms with E-state index in [-0.39, 0.29) is 5.97 Å². The first-order valence-corrected chi connectivity index (χ1v) is 7.65. The maximum Gasteiger partial charge on any atom is 0.316 e. The zero-order valence-corrected chi connectivity index (χ0v) is 13.3. The Kier molecular flexibility index (Phi) is 5.79. The van der Waals surface area contributed by atoms with E-state index in [1.54, 1.807) is 11.8 Å². The van der Waals surface area contributed by atoms with Crippen molar-refractivity contribution in [1.82, 2.24) is 0 Å². The third kappa shape index (κ3) is 6.31. The summed E-state index contributed by atoms with van der Waals surface area (Å²) in [6.45, 7) is 5.65. The van der Waals surface area contributed by atoms with Gasteiger partial charge in [-0.2, -0.15) is 0 Å². The number of esters is 1. The van der Waals surface area contributed by atoms with Gasteiger partial charge in [-0.1, -0.05) is 18.2 Å². The molecule has 1 rings (SSSR count). The van der Waals surface area contributed by atoms with E-state index in [9.17, 15) is 4.79 Å². The molecule has 0 aliphatic heterocycles. The second kappa shape index (κ2) is 6.64. The van der Waals surface area contributed by atoms with Crippen LogP contribution in [-0.4, -0.2) is 17.3 Å². The lowest BCUT2D eigenvalue weighted by Crippen LogP contribution is -2.24. The van der Waals surface area contributed by atoms with Crippen LogP contribution in [0.1, 0.15) is 26.3 Å². The second-order valence-corrected chi connectivity index (χ2v) is 6.82. The highest BCUT2D eigenvalue weighted by molar-refractivity contribution is 14.1. The molecule has 0 unspecified atom stereocenters. The Morgan fingerprint density at radius 2 is 2.00 bits per heavy atom. The number of carbonyl (C=O) groups is 1. The fraction of sp³-hybridized carbons (Fsp3) is 0.462. The van der Waals surface area contributed by atoms with Gasteiger partial charge in [0.15, 0.2) is 0 Å². The number of halogens is 1. The van der Waals surface area contributed by atoms with E-state index in [1.165, 1.54) is 9.13 Å². The normalized spacial score (nSPS) is 11.3. The first-order chi connectivity index (χ1) is 7.88. The predicted molar refractivity (Wildman–Crippen MR) is 81.2 cm³/mol. The van der Waals surface area contributed by atoms with Gasteiger partial charge in [-0.3, -0.25) is 4.79 Å². The smallest absolute Gasteiger partial charge is 0.316 e. The maximum atomic E-state index is 11.5. The summed E-state index contributed by atoms with van der Waals surface area (Å²) in [4.78, 5) is 11.5. The molecule has 0 aromatic heterocycles. The van der Waals surface area contributed by atoms with Crippen molar-refractivity contribution in [2.45, 2.75) is 32.1 Å². The molecule has 0 amide bonds. The van der Waals surface area contributed by atoms with Crippen LogP contribution < -0.4 is 0 Å². The molecule has 2 nitrogen and oxygen atoms in total. The summed E-state index contributed by atoms with van der Waals surface area (Å²) in [7, 11) is 0. The number of hydrogen-bond donors (Lipinski definition) is 0. The quantitative estimate of drug-likeness (QED) is 0.600. The van der Waals surface area contributed by atoms with Crippen molar-refractivity contribution in [2.24, 2.45) is 0 Å². The molecule has 0 fully saturated rings. The van der Waals surface area contributed by atoms with E-state index in [0.29, 0.717) is 5.75 Å². The molecule has 1 aromatic carbocycles. The minimum absolute atomic E-state index is 0.145. The largest absolute Gasteiger partial charge is 0.459 e. The number of thioether (sulfide) groups is 1. The second-order valence-electron chi connectivity index (χ2n) is 4.67. The van der Waals surface area contributed by atoms with E-state index in [1.807, 2.05) is 32.9 Å². The summed E-state index contributed by atoms with van der Waals surface area (Å²) >= 11 is 3.90. The van der Waals surface area contributed by atoms with Crippen LogP contribution in [0.25, 0.3) is 0 Å². The van der Waals surface area contributed by atoms with Gasteiger partial charge in [0.2, 0.25) is 0 Å². The molecule has 0 aliphatic rings.